The van der Waals surface area contributed by atoms with Gasteiger partial charge in [0.25, 0.3) is 0 Å². The van der Waals surface area contributed by atoms with E-state index in [0.29, 0.717) is 18.2 Å². The molecule has 6 heteroatoms. The summed E-state index contributed by atoms with van der Waals surface area (Å²) in [6.45, 7) is 4.09. The standard InChI is InChI=1S/C12H17N3O2S/c1-2-13-12(17)15-5-3-9(4-6-15)11-14-10(7-16)8-18-11/h7-9H,2-6H2,1H3,(H,13,17). The van der Waals surface area contributed by atoms with Gasteiger partial charge in [-0.3, -0.25) is 4.79 Å². The summed E-state index contributed by atoms with van der Waals surface area (Å²) in [5.74, 6) is 0.384. The summed E-state index contributed by atoms with van der Waals surface area (Å²) in [7, 11) is 0. The van der Waals surface area contributed by atoms with Crippen molar-refractivity contribution in [3.05, 3.63) is 16.1 Å². The van der Waals surface area contributed by atoms with Gasteiger partial charge < -0.3 is 10.2 Å². The number of urea groups is 1. The monoisotopic (exact) mass is 267 g/mol. The van der Waals surface area contributed by atoms with E-state index < -0.39 is 0 Å². The molecule has 0 radical (unpaired) electrons. The van der Waals surface area contributed by atoms with Crippen molar-refractivity contribution in [2.24, 2.45) is 0 Å². The van der Waals surface area contributed by atoms with Crippen LogP contribution in [0.3, 0.4) is 0 Å². The number of nitrogens with zero attached hydrogens (tertiary/aromatic N) is 2. The summed E-state index contributed by atoms with van der Waals surface area (Å²) in [4.78, 5) is 28.4. The zero-order valence-corrected chi connectivity index (χ0v) is 11.2. The van der Waals surface area contributed by atoms with E-state index in [1.54, 1.807) is 5.38 Å². The highest BCUT2D eigenvalue weighted by Crippen LogP contribution is 2.29. The molecule has 0 bridgehead atoms. The van der Waals surface area contributed by atoms with Crippen LogP contribution in [0, 0.1) is 0 Å². The Morgan fingerprint density at radius 3 is 2.89 bits per heavy atom. The van der Waals surface area contributed by atoms with E-state index in [9.17, 15) is 9.59 Å². The molecule has 1 aliphatic rings. The molecule has 1 aliphatic heterocycles. The predicted octanol–water partition coefficient (Wildman–Crippen LogP) is 1.86. The summed E-state index contributed by atoms with van der Waals surface area (Å²) < 4.78 is 0. The molecule has 0 unspecified atom stereocenters. The van der Waals surface area contributed by atoms with Gasteiger partial charge in [0.05, 0.1) is 5.01 Å². The number of likely N-dealkylation sites (tertiary alicyclic amines) is 1. The van der Waals surface area contributed by atoms with E-state index in [-0.39, 0.29) is 6.03 Å². The summed E-state index contributed by atoms with van der Waals surface area (Å²) >= 11 is 1.54. The van der Waals surface area contributed by atoms with Gasteiger partial charge in [-0.1, -0.05) is 0 Å². The van der Waals surface area contributed by atoms with Crippen LogP contribution in [0.2, 0.25) is 0 Å². The molecule has 1 fully saturated rings. The highest BCUT2D eigenvalue weighted by atomic mass is 32.1. The number of carbonyl (C=O) groups excluding carboxylic acids is 2. The van der Waals surface area contributed by atoms with Gasteiger partial charge >= 0.3 is 6.03 Å². The van der Waals surface area contributed by atoms with Crippen LogP contribution in [0.15, 0.2) is 5.38 Å². The number of piperidine rings is 1. The van der Waals surface area contributed by atoms with Crippen LogP contribution in [0.25, 0.3) is 0 Å². The Kier molecular flexibility index (Phi) is 4.30. The number of rotatable bonds is 3. The molecule has 2 heterocycles. The smallest absolute Gasteiger partial charge is 0.317 e. The summed E-state index contributed by atoms with van der Waals surface area (Å²) in [5, 5.41) is 5.62. The molecule has 98 valence electrons. The fourth-order valence-corrected chi connectivity index (χ4v) is 3.07. The molecule has 1 aromatic rings. The number of amides is 2. The third kappa shape index (κ3) is 2.87. The second kappa shape index (κ2) is 5.95. The normalized spacial score (nSPS) is 16.6. The number of nitrogens with one attached hydrogen (secondary N) is 1. The zero-order valence-electron chi connectivity index (χ0n) is 10.4. The van der Waals surface area contributed by atoms with Crippen molar-refractivity contribution in [3.8, 4) is 0 Å². The lowest BCUT2D eigenvalue weighted by Crippen LogP contribution is -2.44. The molecule has 1 saturated heterocycles. The second-order valence-corrected chi connectivity index (χ2v) is 5.21. The lowest BCUT2D eigenvalue weighted by atomic mass is 9.98. The number of hydrogen-bond donors (Lipinski definition) is 1. The SMILES string of the molecule is CCNC(=O)N1CCC(c2nc(C=O)cs2)CC1. The third-order valence-electron chi connectivity index (χ3n) is 3.12. The molecular formula is C12H17N3O2S. The molecule has 2 rings (SSSR count). The highest BCUT2D eigenvalue weighted by Gasteiger charge is 2.25. The van der Waals surface area contributed by atoms with E-state index in [2.05, 4.69) is 10.3 Å². The van der Waals surface area contributed by atoms with Crippen molar-refractivity contribution in [1.82, 2.24) is 15.2 Å². The Labute approximate surface area is 110 Å². The lowest BCUT2D eigenvalue weighted by Gasteiger charge is -2.31. The maximum absolute atomic E-state index is 11.6. The molecule has 18 heavy (non-hydrogen) atoms. The fraction of sp³-hybridized carbons (Fsp3) is 0.583. The van der Waals surface area contributed by atoms with Gasteiger partial charge in [0.15, 0.2) is 6.29 Å². The van der Waals surface area contributed by atoms with Crippen molar-refractivity contribution in [2.45, 2.75) is 25.7 Å². The quantitative estimate of drug-likeness (QED) is 0.850. The van der Waals surface area contributed by atoms with Gasteiger partial charge in [0.2, 0.25) is 0 Å². The molecule has 1 N–H and O–H groups in total. The van der Waals surface area contributed by atoms with E-state index in [1.807, 2.05) is 11.8 Å². The van der Waals surface area contributed by atoms with Crippen molar-refractivity contribution in [2.75, 3.05) is 19.6 Å². The lowest BCUT2D eigenvalue weighted by molar-refractivity contribution is 0.111. The molecule has 2 amide bonds. The van der Waals surface area contributed by atoms with E-state index >= 15 is 0 Å². The van der Waals surface area contributed by atoms with Gasteiger partial charge in [-0.05, 0) is 19.8 Å². The molecule has 0 atom stereocenters. The first-order valence-electron chi connectivity index (χ1n) is 6.18. The van der Waals surface area contributed by atoms with Gasteiger partial charge in [0, 0.05) is 30.9 Å². The van der Waals surface area contributed by atoms with E-state index in [1.165, 1.54) is 11.3 Å². The largest absolute Gasteiger partial charge is 0.338 e. The first kappa shape index (κ1) is 13.0. The van der Waals surface area contributed by atoms with Crippen molar-refractivity contribution >= 4 is 23.7 Å². The van der Waals surface area contributed by atoms with Gasteiger partial charge in [-0.25, -0.2) is 9.78 Å². The van der Waals surface area contributed by atoms with Gasteiger partial charge in [-0.15, -0.1) is 11.3 Å². The summed E-state index contributed by atoms with van der Waals surface area (Å²) in [5.41, 5.74) is 0.515. The number of aldehydes is 1. The maximum Gasteiger partial charge on any atom is 0.317 e. The Hall–Kier alpha value is -1.43. The van der Waals surface area contributed by atoms with Crippen molar-refractivity contribution < 1.29 is 9.59 Å². The summed E-state index contributed by atoms with van der Waals surface area (Å²) in [6, 6.07) is 0.0173. The minimum Gasteiger partial charge on any atom is -0.338 e. The average molecular weight is 267 g/mol. The average Bonchev–Trinajstić information content (AvgIpc) is 2.88. The number of hydrogen-bond acceptors (Lipinski definition) is 4. The molecule has 0 aliphatic carbocycles. The van der Waals surface area contributed by atoms with Crippen LogP contribution < -0.4 is 5.32 Å². The topological polar surface area (TPSA) is 62.3 Å². The maximum atomic E-state index is 11.6. The summed E-state index contributed by atoms with van der Waals surface area (Å²) in [6.07, 6.45) is 2.62. The molecule has 5 nitrogen and oxygen atoms in total. The van der Waals surface area contributed by atoms with Crippen LogP contribution in [-0.4, -0.2) is 41.8 Å². The molecule has 1 aromatic heterocycles. The predicted molar refractivity (Wildman–Crippen MR) is 70.1 cm³/mol. The molecule has 0 aromatic carbocycles. The van der Waals surface area contributed by atoms with Crippen LogP contribution in [0.1, 0.15) is 41.2 Å². The zero-order chi connectivity index (χ0) is 13.0. The van der Waals surface area contributed by atoms with Crippen LogP contribution >= 0.6 is 11.3 Å². The fourth-order valence-electron chi connectivity index (χ4n) is 2.13. The van der Waals surface area contributed by atoms with Gasteiger partial charge in [0.1, 0.15) is 5.69 Å². The number of carbonyl (C=O) groups is 2. The number of thiazole rings is 1. The van der Waals surface area contributed by atoms with Gasteiger partial charge in [-0.2, -0.15) is 0 Å². The Morgan fingerprint density at radius 2 is 2.33 bits per heavy atom. The highest BCUT2D eigenvalue weighted by molar-refractivity contribution is 7.09. The minimum atomic E-state index is 0.0173. The Balaban J connectivity index is 1.90. The first-order valence-corrected chi connectivity index (χ1v) is 7.06. The van der Waals surface area contributed by atoms with E-state index in [0.717, 1.165) is 37.2 Å². The van der Waals surface area contributed by atoms with Crippen LogP contribution in [-0.2, 0) is 0 Å². The van der Waals surface area contributed by atoms with E-state index in [4.69, 9.17) is 0 Å². The Morgan fingerprint density at radius 1 is 1.61 bits per heavy atom. The van der Waals surface area contributed by atoms with Crippen molar-refractivity contribution in [3.63, 3.8) is 0 Å². The molecule has 0 saturated carbocycles. The third-order valence-corrected chi connectivity index (χ3v) is 4.15. The second-order valence-electron chi connectivity index (χ2n) is 4.33. The molecular weight excluding hydrogens is 250 g/mol. The molecule has 0 spiro atoms. The number of aromatic nitrogens is 1. The van der Waals surface area contributed by atoms with Crippen LogP contribution in [0.4, 0.5) is 4.79 Å². The van der Waals surface area contributed by atoms with Crippen molar-refractivity contribution in [1.29, 1.82) is 0 Å². The van der Waals surface area contributed by atoms with Crippen LogP contribution in [0.5, 0.6) is 0 Å². The first-order chi connectivity index (χ1) is 8.74. The minimum absolute atomic E-state index is 0.0173. The Bertz CT molecular complexity index is 425.